The van der Waals surface area contributed by atoms with Gasteiger partial charge in [-0.3, -0.25) is 14.4 Å². The Balaban J connectivity index is 4.19. The van der Waals surface area contributed by atoms with Crippen LogP contribution in [-0.2, 0) is 28.6 Å². The average Bonchev–Trinajstić information content (AvgIpc) is 3.32. The van der Waals surface area contributed by atoms with Crippen LogP contribution in [0.3, 0.4) is 0 Å². The Kier molecular flexibility index (Phi) is 53.0. The molecule has 6 nitrogen and oxygen atoms in total. The van der Waals surface area contributed by atoms with Crippen molar-refractivity contribution < 1.29 is 28.6 Å². The van der Waals surface area contributed by atoms with E-state index in [1.54, 1.807) is 0 Å². The number of carbonyl (C=O) groups is 3. The fourth-order valence-corrected chi connectivity index (χ4v) is 9.25. The van der Waals surface area contributed by atoms with Gasteiger partial charge < -0.3 is 14.2 Å². The Hall–Kier alpha value is -1.59. The molecule has 0 aromatic heterocycles. The zero-order chi connectivity index (χ0) is 48.1. The van der Waals surface area contributed by atoms with Gasteiger partial charge in [-0.15, -0.1) is 0 Å². The minimum absolute atomic E-state index is 0.0617. The molecule has 0 spiro atoms. The molecule has 0 N–H and O–H groups in total. The molecule has 6 heteroatoms. The number of carbonyl (C=O) groups excluding carboxylic acids is 3. The molecular formula is C60H116O6. The summed E-state index contributed by atoms with van der Waals surface area (Å²) in [5.74, 6) is 0.0756. The van der Waals surface area contributed by atoms with Crippen LogP contribution in [0.5, 0.6) is 0 Å². The van der Waals surface area contributed by atoms with Crippen LogP contribution < -0.4 is 0 Å². The van der Waals surface area contributed by atoms with Crippen molar-refractivity contribution in [1.82, 2.24) is 0 Å². The van der Waals surface area contributed by atoms with Crippen LogP contribution in [0.25, 0.3) is 0 Å². The van der Waals surface area contributed by atoms with Gasteiger partial charge in [0.15, 0.2) is 6.10 Å². The van der Waals surface area contributed by atoms with Gasteiger partial charge in [0.25, 0.3) is 0 Å². The second-order valence-corrected chi connectivity index (χ2v) is 20.9. The van der Waals surface area contributed by atoms with Crippen molar-refractivity contribution in [2.24, 2.45) is 5.92 Å². The summed E-state index contributed by atoms with van der Waals surface area (Å²) in [6.07, 6.45) is 59.5. The Morgan fingerprint density at radius 2 is 0.530 bits per heavy atom. The van der Waals surface area contributed by atoms with E-state index in [1.807, 2.05) is 0 Å². The second kappa shape index (κ2) is 54.4. The molecule has 0 rings (SSSR count). The summed E-state index contributed by atoms with van der Waals surface area (Å²) in [7, 11) is 0. The fourth-order valence-electron chi connectivity index (χ4n) is 9.25. The summed E-state index contributed by atoms with van der Waals surface area (Å²) in [5.41, 5.74) is 0. The van der Waals surface area contributed by atoms with Crippen molar-refractivity contribution in [3.8, 4) is 0 Å². The van der Waals surface area contributed by atoms with Crippen molar-refractivity contribution in [2.45, 2.75) is 348 Å². The van der Waals surface area contributed by atoms with E-state index in [4.69, 9.17) is 14.2 Å². The van der Waals surface area contributed by atoms with Crippen molar-refractivity contribution in [1.29, 1.82) is 0 Å². The summed E-state index contributed by atoms with van der Waals surface area (Å²) in [5, 5.41) is 0. The number of hydrogen-bond donors (Lipinski definition) is 0. The van der Waals surface area contributed by atoms with E-state index in [2.05, 4.69) is 27.7 Å². The van der Waals surface area contributed by atoms with Gasteiger partial charge in [-0.05, 0) is 25.2 Å². The van der Waals surface area contributed by atoms with E-state index in [9.17, 15) is 14.4 Å². The summed E-state index contributed by atoms with van der Waals surface area (Å²) < 4.78 is 16.9. The molecule has 0 aromatic rings. The summed E-state index contributed by atoms with van der Waals surface area (Å²) in [4.78, 5) is 38.1. The van der Waals surface area contributed by atoms with Crippen LogP contribution >= 0.6 is 0 Å². The minimum atomic E-state index is -0.761. The highest BCUT2D eigenvalue weighted by Crippen LogP contribution is 2.19. The smallest absolute Gasteiger partial charge is 0.306 e. The molecule has 0 amide bonds. The highest BCUT2D eigenvalue weighted by atomic mass is 16.6. The lowest BCUT2D eigenvalue weighted by Gasteiger charge is -2.18. The molecule has 0 aromatic carbocycles. The summed E-state index contributed by atoms with van der Waals surface area (Å²) >= 11 is 0. The molecular weight excluding hydrogens is 817 g/mol. The van der Waals surface area contributed by atoms with Gasteiger partial charge in [-0.25, -0.2) is 0 Å². The van der Waals surface area contributed by atoms with Gasteiger partial charge in [0.05, 0.1) is 0 Å². The highest BCUT2D eigenvalue weighted by Gasteiger charge is 2.19. The average molecular weight is 934 g/mol. The lowest BCUT2D eigenvalue weighted by Crippen LogP contribution is -2.30. The largest absolute Gasteiger partial charge is 0.462 e. The normalized spacial score (nSPS) is 12.4. The number of esters is 3. The zero-order valence-corrected chi connectivity index (χ0v) is 45.2. The third-order valence-electron chi connectivity index (χ3n) is 14.2. The lowest BCUT2D eigenvalue weighted by molar-refractivity contribution is -0.167. The van der Waals surface area contributed by atoms with Crippen LogP contribution in [0.1, 0.15) is 342 Å². The van der Waals surface area contributed by atoms with Crippen LogP contribution in [0.15, 0.2) is 0 Å². The topological polar surface area (TPSA) is 78.9 Å². The third kappa shape index (κ3) is 51.8. The summed E-state index contributed by atoms with van der Waals surface area (Å²) in [6, 6.07) is 0. The molecule has 0 fully saturated rings. The predicted octanol–water partition coefficient (Wildman–Crippen LogP) is 19.8. The predicted molar refractivity (Wildman–Crippen MR) is 284 cm³/mol. The van der Waals surface area contributed by atoms with Crippen LogP contribution in [0, 0.1) is 5.92 Å². The maximum absolute atomic E-state index is 12.8. The maximum Gasteiger partial charge on any atom is 0.306 e. The van der Waals surface area contributed by atoms with Crippen molar-refractivity contribution >= 4 is 17.9 Å². The van der Waals surface area contributed by atoms with Crippen molar-refractivity contribution in [3.63, 3.8) is 0 Å². The lowest BCUT2D eigenvalue weighted by atomic mass is 9.99. The molecule has 0 bridgehead atoms. The molecule has 66 heavy (non-hydrogen) atoms. The quantitative estimate of drug-likeness (QED) is 0.0343. The van der Waals surface area contributed by atoms with Gasteiger partial charge in [0, 0.05) is 19.3 Å². The second-order valence-electron chi connectivity index (χ2n) is 20.9. The Labute approximate surface area is 412 Å². The van der Waals surface area contributed by atoms with Gasteiger partial charge in [-0.1, -0.05) is 304 Å². The molecule has 0 aliphatic rings. The van der Waals surface area contributed by atoms with Crippen LogP contribution in [0.4, 0.5) is 0 Å². The Morgan fingerprint density at radius 3 is 0.788 bits per heavy atom. The standard InChI is InChI=1S/C60H116O6/c1-5-8-10-12-14-16-18-19-24-28-32-35-39-43-47-51-58(61)64-54-57(66-60(63)53-49-45-41-37-30-17-15-13-11-9-6-2)55-65-59(62)52-48-44-40-36-33-29-26-23-21-20-22-25-27-31-34-38-42-46-50-56(4)7-3/h56-57H,5-55H2,1-4H3/t56?,57-/m1/s1. The molecule has 0 aliphatic carbocycles. The fraction of sp³-hybridized carbons (Fsp3) is 0.950. The number of rotatable bonds is 55. The molecule has 1 unspecified atom stereocenters. The molecule has 2 atom stereocenters. The molecule has 0 aliphatic heterocycles. The van der Waals surface area contributed by atoms with Gasteiger partial charge in [0.1, 0.15) is 13.2 Å². The maximum atomic E-state index is 12.8. The minimum Gasteiger partial charge on any atom is -0.462 e. The van der Waals surface area contributed by atoms with E-state index in [0.717, 1.165) is 63.7 Å². The first-order valence-electron chi connectivity index (χ1n) is 29.9. The first kappa shape index (κ1) is 64.4. The highest BCUT2D eigenvalue weighted by molar-refractivity contribution is 5.71. The number of hydrogen-bond acceptors (Lipinski definition) is 6. The SMILES string of the molecule is CCCCCCCCCCCCCCCCCC(=O)OC[C@H](COC(=O)CCCCCCCCCCCCCCCCCCCCC(C)CC)OC(=O)CCCCCCCCCCCCC. The molecule has 392 valence electrons. The van der Waals surface area contributed by atoms with Crippen molar-refractivity contribution in [3.05, 3.63) is 0 Å². The van der Waals surface area contributed by atoms with Crippen molar-refractivity contribution in [2.75, 3.05) is 13.2 Å². The first-order valence-corrected chi connectivity index (χ1v) is 29.9. The number of unbranched alkanes of at least 4 members (excludes halogenated alkanes) is 41. The zero-order valence-electron chi connectivity index (χ0n) is 45.2. The molecule has 0 saturated carbocycles. The van der Waals surface area contributed by atoms with Gasteiger partial charge >= 0.3 is 17.9 Å². The van der Waals surface area contributed by atoms with E-state index in [-0.39, 0.29) is 31.1 Å². The third-order valence-corrected chi connectivity index (χ3v) is 14.2. The summed E-state index contributed by atoms with van der Waals surface area (Å²) in [6.45, 7) is 9.10. The molecule has 0 radical (unpaired) electrons. The van der Waals surface area contributed by atoms with E-state index in [1.165, 1.54) is 238 Å². The molecule has 0 heterocycles. The monoisotopic (exact) mass is 933 g/mol. The Morgan fingerprint density at radius 1 is 0.303 bits per heavy atom. The van der Waals surface area contributed by atoms with E-state index < -0.39 is 6.10 Å². The van der Waals surface area contributed by atoms with Gasteiger partial charge in [-0.2, -0.15) is 0 Å². The Bertz CT molecular complexity index is 998. The van der Waals surface area contributed by atoms with E-state index >= 15 is 0 Å². The number of ether oxygens (including phenoxy) is 3. The van der Waals surface area contributed by atoms with Gasteiger partial charge in [0.2, 0.25) is 0 Å². The first-order chi connectivity index (χ1) is 32.4. The van der Waals surface area contributed by atoms with Crippen LogP contribution in [-0.4, -0.2) is 37.2 Å². The van der Waals surface area contributed by atoms with Crippen LogP contribution in [0.2, 0.25) is 0 Å². The van der Waals surface area contributed by atoms with E-state index in [0.29, 0.717) is 19.3 Å². The molecule has 0 saturated heterocycles.